The Morgan fingerprint density at radius 1 is 1.44 bits per heavy atom. The minimum Gasteiger partial charge on any atom is -0.444 e. The van der Waals surface area contributed by atoms with E-state index >= 15 is 0 Å². The predicted octanol–water partition coefficient (Wildman–Crippen LogP) is 3.38. The minimum atomic E-state index is -0.510. The van der Waals surface area contributed by atoms with Gasteiger partial charge in [0, 0.05) is 10.2 Å². The van der Waals surface area contributed by atoms with Gasteiger partial charge in [-0.25, -0.2) is 4.79 Å². The van der Waals surface area contributed by atoms with Gasteiger partial charge >= 0.3 is 6.09 Å². The first-order chi connectivity index (χ1) is 7.28. The zero-order valence-electron chi connectivity index (χ0n) is 9.50. The van der Waals surface area contributed by atoms with Crippen molar-refractivity contribution < 1.29 is 9.53 Å². The molecule has 0 radical (unpaired) electrons. The van der Waals surface area contributed by atoms with Gasteiger partial charge in [-0.05, 0) is 54.9 Å². The van der Waals surface area contributed by atoms with E-state index in [9.17, 15) is 4.79 Å². The van der Waals surface area contributed by atoms with Crippen LogP contribution in [-0.4, -0.2) is 11.7 Å². The number of nitrogens with one attached hydrogen (secondary N) is 1. The summed E-state index contributed by atoms with van der Waals surface area (Å²) >= 11 is 3.30. The normalized spacial score (nSPS) is 11.0. The van der Waals surface area contributed by atoms with Gasteiger partial charge in [0.25, 0.3) is 0 Å². The predicted molar refractivity (Wildman–Crippen MR) is 68.4 cm³/mol. The summed E-state index contributed by atoms with van der Waals surface area (Å²) in [5, 5.41) is 2.63. The monoisotopic (exact) mass is 286 g/mol. The number of halogens is 1. The second kappa shape index (κ2) is 4.74. The van der Waals surface area contributed by atoms with E-state index in [2.05, 4.69) is 21.2 Å². The van der Waals surface area contributed by atoms with Crippen molar-refractivity contribution in [2.75, 3.05) is 11.1 Å². The lowest BCUT2D eigenvalue weighted by atomic mass is 10.2. The van der Waals surface area contributed by atoms with E-state index in [0.29, 0.717) is 11.4 Å². The molecule has 1 aromatic carbocycles. The zero-order valence-corrected chi connectivity index (χ0v) is 11.1. The van der Waals surface area contributed by atoms with Crippen molar-refractivity contribution in [3.8, 4) is 0 Å². The molecule has 0 saturated carbocycles. The van der Waals surface area contributed by atoms with Crippen LogP contribution in [0, 0.1) is 0 Å². The average molecular weight is 287 g/mol. The highest BCUT2D eigenvalue weighted by Gasteiger charge is 2.16. The molecule has 0 aliphatic carbocycles. The van der Waals surface area contributed by atoms with Crippen LogP contribution in [0.2, 0.25) is 0 Å². The standard InChI is InChI=1S/C11H15BrN2O2/c1-11(2,3)16-10(15)14-9-5-4-7(13)6-8(9)12/h4-6H,13H2,1-3H3,(H,14,15). The molecule has 0 aromatic heterocycles. The molecule has 0 aliphatic rings. The Kier molecular flexibility index (Phi) is 3.80. The Balaban J connectivity index is 2.70. The number of nitrogens with two attached hydrogens (primary N) is 1. The van der Waals surface area contributed by atoms with Gasteiger partial charge in [0.1, 0.15) is 5.60 Å². The Morgan fingerprint density at radius 3 is 2.56 bits per heavy atom. The number of benzene rings is 1. The number of amides is 1. The van der Waals surface area contributed by atoms with Crippen LogP contribution in [0.1, 0.15) is 20.8 Å². The molecule has 1 rings (SSSR count). The number of hydrogen-bond donors (Lipinski definition) is 2. The van der Waals surface area contributed by atoms with E-state index in [1.165, 1.54) is 0 Å². The topological polar surface area (TPSA) is 64.3 Å². The summed E-state index contributed by atoms with van der Waals surface area (Å²) in [6.07, 6.45) is -0.488. The maximum absolute atomic E-state index is 11.5. The van der Waals surface area contributed by atoms with Gasteiger partial charge in [-0.1, -0.05) is 0 Å². The van der Waals surface area contributed by atoms with Gasteiger partial charge in [0.05, 0.1) is 5.69 Å². The first-order valence-corrected chi connectivity index (χ1v) is 5.62. The van der Waals surface area contributed by atoms with Crippen LogP contribution in [-0.2, 0) is 4.74 Å². The maximum Gasteiger partial charge on any atom is 0.412 e. The molecule has 0 spiro atoms. The average Bonchev–Trinajstić information content (AvgIpc) is 2.06. The highest BCUT2D eigenvalue weighted by atomic mass is 79.9. The molecule has 1 amide bonds. The first kappa shape index (κ1) is 12.8. The highest BCUT2D eigenvalue weighted by Crippen LogP contribution is 2.25. The van der Waals surface area contributed by atoms with Crippen LogP contribution < -0.4 is 11.1 Å². The molecule has 0 fully saturated rings. The van der Waals surface area contributed by atoms with Crippen molar-refractivity contribution in [2.24, 2.45) is 0 Å². The van der Waals surface area contributed by atoms with E-state index in [-0.39, 0.29) is 0 Å². The van der Waals surface area contributed by atoms with Gasteiger partial charge in [-0.3, -0.25) is 5.32 Å². The third-order valence-corrected chi connectivity index (χ3v) is 2.28. The Labute approximate surface area is 103 Å². The summed E-state index contributed by atoms with van der Waals surface area (Å²) in [6.45, 7) is 5.43. The molecule has 88 valence electrons. The number of anilines is 2. The summed E-state index contributed by atoms with van der Waals surface area (Å²) < 4.78 is 5.85. The van der Waals surface area contributed by atoms with Gasteiger partial charge in [0.15, 0.2) is 0 Å². The number of carbonyl (C=O) groups excluding carboxylic acids is 1. The molecule has 0 saturated heterocycles. The van der Waals surface area contributed by atoms with E-state index in [1.807, 2.05) is 20.8 Å². The third-order valence-electron chi connectivity index (χ3n) is 1.63. The van der Waals surface area contributed by atoms with Crippen molar-refractivity contribution >= 4 is 33.4 Å². The van der Waals surface area contributed by atoms with Gasteiger partial charge in [-0.15, -0.1) is 0 Å². The fourth-order valence-corrected chi connectivity index (χ4v) is 1.54. The minimum absolute atomic E-state index is 0.488. The number of carbonyl (C=O) groups is 1. The molecule has 0 unspecified atom stereocenters. The number of rotatable bonds is 1. The summed E-state index contributed by atoms with van der Waals surface area (Å²) in [7, 11) is 0. The molecule has 0 atom stereocenters. The molecule has 16 heavy (non-hydrogen) atoms. The molecule has 3 N–H and O–H groups in total. The van der Waals surface area contributed by atoms with Crippen LogP contribution in [0.4, 0.5) is 16.2 Å². The van der Waals surface area contributed by atoms with Crippen molar-refractivity contribution in [3.05, 3.63) is 22.7 Å². The van der Waals surface area contributed by atoms with Crippen LogP contribution in [0.5, 0.6) is 0 Å². The Morgan fingerprint density at radius 2 is 2.06 bits per heavy atom. The largest absolute Gasteiger partial charge is 0.444 e. The third kappa shape index (κ3) is 4.10. The van der Waals surface area contributed by atoms with Crippen molar-refractivity contribution in [2.45, 2.75) is 26.4 Å². The van der Waals surface area contributed by atoms with Gasteiger partial charge in [0.2, 0.25) is 0 Å². The smallest absolute Gasteiger partial charge is 0.412 e. The van der Waals surface area contributed by atoms with Crippen LogP contribution >= 0.6 is 15.9 Å². The molecule has 0 bridgehead atoms. The van der Waals surface area contributed by atoms with Gasteiger partial charge in [-0.2, -0.15) is 0 Å². The number of hydrogen-bond acceptors (Lipinski definition) is 3. The molecule has 1 aromatic rings. The van der Waals surface area contributed by atoms with E-state index in [4.69, 9.17) is 10.5 Å². The van der Waals surface area contributed by atoms with E-state index < -0.39 is 11.7 Å². The molecular weight excluding hydrogens is 272 g/mol. The lowest BCUT2D eigenvalue weighted by Crippen LogP contribution is -2.27. The molecule has 0 aliphatic heterocycles. The molecule has 0 heterocycles. The van der Waals surface area contributed by atoms with Crippen molar-refractivity contribution in [1.29, 1.82) is 0 Å². The van der Waals surface area contributed by atoms with Crippen LogP contribution in [0.15, 0.2) is 22.7 Å². The van der Waals surface area contributed by atoms with E-state index in [1.54, 1.807) is 18.2 Å². The van der Waals surface area contributed by atoms with Crippen molar-refractivity contribution in [1.82, 2.24) is 0 Å². The number of ether oxygens (including phenoxy) is 1. The molecule has 5 heteroatoms. The van der Waals surface area contributed by atoms with Crippen molar-refractivity contribution in [3.63, 3.8) is 0 Å². The Hall–Kier alpha value is -1.23. The molecule has 4 nitrogen and oxygen atoms in total. The zero-order chi connectivity index (χ0) is 12.3. The summed E-state index contributed by atoms with van der Waals surface area (Å²) in [5.74, 6) is 0. The van der Waals surface area contributed by atoms with E-state index in [0.717, 1.165) is 4.47 Å². The maximum atomic E-state index is 11.5. The fourth-order valence-electron chi connectivity index (χ4n) is 1.05. The lowest BCUT2D eigenvalue weighted by molar-refractivity contribution is 0.0636. The summed E-state index contributed by atoms with van der Waals surface area (Å²) in [5.41, 5.74) is 6.33. The number of nitrogen functional groups attached to an aromatic ring is 1. The Bertz CT molecular complexity index is 399. The fraction of sp³-hybridized carbons (Fsp3) is 0.364. The summed E-state index contributed by atoms with van der Waals surface area (Å²) in [4.78, 5) is 11.5. The second-order valence-corrected chi connectivity index (χ2v) is 5.22. The molecular formula is C11H15BrN2O2. The summed E-state index contributed by atoms with van der Waals surface area (Å²) in [6, 6.07) is 5.13. The van der Waals surface area contributed by atoms with Crippen LogP contribution in [0.3, 0.4) is 0 Å². The highest BCUT2D eigenvalue weighted by molar-refractivity contribution is 9.10. The van der Waals surface area contributed by atoms with Crippen LogP contribution in [0.25, 0.3) is 0 Å². The first-order valence-electron chi connectivity index (χ1n) is 4.83. The lowest BCUT2D eigenvalue weighted by Gasteiger charge is -2.20. The quantitative estimate of drug-likeness (QED) is 0.778. The SMILES string of the molecule is CC(C)(C)OC(=O)Nc1ccc(N)cc1Br. The second-order valence-electron chi connectivity index (χ2n) is 4.37. The van der Waals surface area contributed by atoms with Gasteiger partial charge < -0.3 is 10.5 Å².